The number of nitrogens with zero attached hydrogens (tertiary/aromatic N) is 1. The van der Waals surface area contributed by atoms with Gasteiger partial charge in [-0.1, -0.05) is 41.4 Å². The highest BCUT2D eigenvalue weighted by molar-refractivity contribution is 7.90. The highest BCUT2D eigenvalue weighted by Crippen LogP contribution is 2.15. The number of carbonyl (C=O) groups excluding carboxylic acids is 1. The summed E-state index contributed by atoms with van der Waals surface area (Å²) in [6, 6.07) is 9.98. The minimum atomic E-state index is -3.94. The summed E-state index contributed by atoms with van der Waals surface area (Å²) in [5.41, 5.74) is 0.00880. The van der Waals surface area contributed by atoms with Gasteiger partial charge in [-0.2, -0.15) is 0 Å². The van der Waals surface area contributed by atoms with Crippen LogP contribution in [0.3, 0.4) is 0 Å². The Balaban J connectivity index is 2.28. The van der Waals surface area contributed by atoms with Crippen LogP contribution >= 0.6 is 23.2 Å². The molecule has 8 heteroatoms. The molecule has 0 radical (unpaired) electrons. The lowest BCUT2D eigenvalue weighted by Crippen LogP contribution is -2.30. The van der Waals surface area contributed by atoms with Crippen molar-refractivity contribution in [3.8, 4) is 0 Å². The summed E-state index contributed by atoms with van der Waals surface area (Å²) in [6.07, 6.45) is 0. The summed E-state index contributed by atoms with van der Waals surface area (Å²) >= 11 is 11.3. The van der Waals surface area contributed by atoms with Gasteiger partial charge in [0.05, 0.1) is 4.90 Å². The summed E-state index contributed by atoms with van der Waals surface area (Å²) in [4.78, 5) is 15.6. The van der Waals surface area contributed by atoms with Gasteiger partial charge in [0.15, 0.2) is 0 Å². The van der Waals surface area contributed by atoms with Gasteiger partial charge in [0, 0.05) is 5.56 Å². The first-order valence-corrected chi connectivity index (χ1v) is 7.58. The van der Waals surface area contributed by atoms with E-state index in [1.54, 1.807) is 18.2 Å². The Morgan fingerprint density at radius 2 is 1.60 bits per heavy atom. The Morgan fingerprint density at radius 1 is 1.05 bits per heavy atom. The van der Waals surface area contributed by atoms with E-state index in [9.17, 15) is 13.2 Å². The van der Waals surface area contributed by atoms with Gasteiger partial charge in [-0.15, -0.1) is 0 Å². The molecule has 1 N–H and O–H groups in total. The molecule has 1 aromatic carbocycles. The van der Waals surface area contributed by atoms with Crippen molar-refractivity contribution in [3.05, 3.63) is 58.3 Å². The van der Waals surface area contributed by atoms with Crippen LogP contribution in [0.2, 0.25) is 10.3 Å². The molecule has 2 aromatic rings. The number of nitrogens with one attached hydrogen (secondary N) is 1. The van der Waals surface area contributed by atoms with Crippen molar-refractivity contribution in [3.63, 3.8) is 0 Å². The molecule has 5 nitrogen and oxygen atoms in total. The molecule has 1 amide bonds. The van der Waals surface area contributed by atoms with Crippen LogP contribution < -0.4 is 4.72 Å². The second kappa shape index (κ2) is 5.78. The molecule has 0 saturated heterocycles. The summed E-state index contributed by atoms with van der Waals surface area (Å²) in [5.74, 6) is -0.833. The lowest BCUT2D eigenvalue weighted by Gasteiger charge is -2.07. The van der Waals surface area contributed by atoms with E-state index < -0.39 is 15.9 Å². The summed E-state index contributed by atoms with van der Waals surface area (Å²) in [5, 5.41) is -0.000446. The molecule has 2 rings (SSSR count). The number of aromatic nitrogens is 1. The van der Waals surface area contributed by atoms with E-state index in [0.717, 1.165) is 0 Å². The maximum atomic E-state index is 12.0. The molecule has 0 spiro atoms. The van der Waals surface area contributed by atoms with Gasteiger partial charge in [-0.25, -0.2) is 18.1 Å². The van der Waals surface area contributed by atoms with E-state index in [1.807, 2.05) is 4.72 Å². The molecular formula is C12H8Cl2N2O3S. The molecule has 0 fully saturated rings. The molecule has 0 aliphatic carbocycles. The Hall–Kier alpha value is -1.63. The van der Waals surface area contributed by atoms with Gasteiger partial charge in [0.1, 0.15) is 10.3 Å². The molecule has 1 aromatic heterocycles. The van der Waals surface area contributed by atoms with Crippen LogP contribution in [0, 0.1) is 0 Å². The number of hydrogen-bond donors (Lipinski definition) is 1. The minimum absolute atomic E-state index is 0.000223. The van der Waals surface area contributed by atoms with E-state index in [0.29, 0.717) is 0 Å². The summed E-state index contributed by atoms with van der Waals surface area (Å²) in [6.45, 7) is 0. The highest BCUT2D eigenvalue weighted by atomic mass is 35.5. The van der Waals surface area contributed by atoms with Crippen molar-refractivity contribution in [2.75, 3.05) is 0 Å². The van der Waals surface area contributed by atoms with Crippen molar-refractivity contribution in [2.24, 2.45) is 0 Å². The Labute approximate surface area is 125 Å². The van der Waals surface area contributed by atoms with E-state index in [-0.39, 0.29) is 20.8 Å². The van der Waals surface area contributed by atoms with E-state index in [1.165, 1.54) is 24.3 Å². The molecule has 0 bridgehead atoms. The van der Waals surface area contributed by atoms with Crippen LogP contribution in [0.1, 0.15) is 10.4 Å². The Morgan fingerprint density at radius 3 is 2.15 bits per heavy atom. The molecule has 0 atom stereocenters. The molecule has 0 aliphatic rings. The average molecular weight is 331 g/mol. The first kappa shape index (κ1) is 14.8. The van der Waals surface area contributed by atoms with Gasteiger partial charge in [0.25, 0.3) is 15.9 Å². The largest absolute Gasteiger partial charge is 0.268 e. The lowest BCUT2D eigenvalue weighted by molar-refractivity contribution is 0.0981. The number of amides is 1. The number of sulfonamides is 1. The van der Waals surface area contributed by atoms with Crippen molar-refractivity contribution < 1.29 is 13.2 Å². The molecular weight excluding hydrogens is 323 g/mol. The van der Waals surface area contributed by atoms with Gasteiger partial charge >= 0.3 is 0 Å². The first-order valence-electron chi connectivity index (χ1n) is 5.34. The van der Waals surface area contributed by atoms with Gasteiger partial charge < -0.3 is 0 Å². The molecule has 104 valence electrons. The molecule has 0 saturated carbocycles. The molecule has 0 aliphatic heterocycles. The number of carbonyl (C=O) groups is 1. The van der Waals surface area contributed by atoms with Gasteiger partial charge in [0.2, 0.25) is 0 Å². The number of rotatable bonds is 3. The number of pyridine rings is 1. The second-order valence-electron chi connectivity index (χ2n) is 3.75. The quantitative estimate of drug-likeness (QED) is 0.877. The SMILES string of the molecule is O=C(NS(=O)(=O)c1ccccc1)c1cc(Cl)nc(Cl)c1. The maximum absolute atomic E-state index is 12.0. The zero-order valence-electron chi connectivity index (χ0n) is 9.88. The monoisotopic (exact) mass is 330 g/mol. The lowest BCUT2D eigenvalue weighted by atomic mass is 10.3. The van der Waals surface area contributed by atoms with E-state index >= 15 is 0 Å². The molecule has 20 heavy (non-hydrogen) atoms. The van der Waals surface area contributed by atoms with E-state index in [2.05, 4.69) is 4.98 Å². The standard InChI is InChI=1S/C12H8Cl2N2O3S/c13-10-6-8(7-11(14)15-10)12(17)16-20(18,19)9-4-2-1-3-5-9/h1-7H,(H,16,17). The predicted octanol–water partition coefficient (Wildman–Crippen LogP) is 2.51. The predicted molar refractivity (Wildman–Crippen MR) is 75.4 cm³/mol. The third-order valence-electron chi connectivity index (χ3n) is 2.31. The zero-order valence-corrected chi connectivity index (χ0v) is 12.2. The number of halogens is 2. The fraction of sp³-hybridized carbons (Fsp3) is 0. The van der Waals surface area contributed by atoms with Crippen LogP contribution in [-0.2, 0) is 10.0 Å². The van der Waals surface area contributed by atoms with Crippen LogP contribution in [0.15, 0.2) is 47.4 Å². The van der Waals surface area contributed by atoms with Gasteiger partial charge in [-0.05, 0) is 24.3 Å². The summed E-state index contributed by atoms with van der Waals surface area (Å²) < 4.78 is 25.9. The maximum Gasteiger partial charge on any atom is 0.265 e. The normalized spacial score (nSPS) is 11.1. The Bertz CT molecular complexity index is 728. The average Bonchev–Trinajstić information content (AvgIpc) is 2.38. The number of hydrogen-bond acceptors (Lipinski definition) is 4. The molecule has 1 heterocycles. The van der Waals surface area contributed by atoms with Crippen LogP contribution in [-0.4, -0.2) is 19.3 Å². The fourth-order valence-electron chi connectivity index (χ4n) is 1.44. The topological polar surface area (TPSA) is 76.1 Å². The van der Waals surface area contributed by atoms with Crippen molar-refractivity contribution in [1.82, 2.24) is 9.71 Å². The van der Waals surface area contributed by atoms with Crippen LogP contribution in [0.25, 0.3) is 0 Å². The Kier molecular flexibility index (Phi) is 4.27. The molecule has 0 unspecified atom stereocenters. The fourth-order valence-corrected chi connectivity index (χ4v) is 2.89. The van der Waals surface area contributed by atoms with Crippen molar-refractivity contribution in [2.45, 2.75) is 4.90 Å². The smallest absolute Gasteiger partial charge is 0.265 e. The first-order chi connectivity index (χ1) is 9.38. The van der Waals surface area contributed by atoms with Gasteiger partial charge in [-0.3, -0.25) is 4.79 Å². The highest BCUT2D eigenvalue weighted by Gasteiger charge is 2.19. The summed E-state index contributed by atoms with van der Waals surface area (Å²) in [7, 11) is -3.94. The van der Waals surface area contributed by atoms with Crippen LogP contribution in [0.5, 0.6) is 0 Å². The van der Waals surface area contributed by atoms with E-state index in [4.69, 9.17) is 23.2 Å². The zero-order chi connectivity index (χ0) is 14.8. The second-order valence-corrected chi connectivity index (χ2v) is 6.21. The number of benzene rings is 1. The third kappa shape index (κ3) is 3.47. The third-order valence-corrected chi connectivity index (χ3v) is 4.04. The van der Waals surface area contributed by atoms with Crippen LogP contribution in [0.4, 0.5) is 0 Å². The van der Waals surface area contributed by atoms with Crippen molar-refractivity contribution in [1.29, 1.82) is 0 Å². The minimum Gasteiger partial charge on any atom is -0.268 e. The van der Waals surface area contributed by atoms with Crippen molar-refractivity contribution >= 4 is 39.1 Å².